The number of rotatable bonds is 3. The Morgan fingerprint density at radius 2 is 1.79 bits per heavy atom. The van der Waals surface area contributed by atoms with Crippen molar-refractivity contribution in [2.75, 3.05) is 33.2 Å². The van der Waals surface area contributed by atoms with Crippen molar-refractivity contribution in [1.29, 1.82) is 0 Å². The maximum Gasteiger partial charge on any atom is 0.325 e. The highest BCUT2D eigenvalue weighted by molar-refractivity contribution is 6.03. The quantitative estimate of drug-likeness (QED) is 0.768. The number of nitrogens with zero attached hydrogens (tertiary/aromatic N) is 5. The molecule has 9 heteroatoms. The number of nitrogens with one attached hydrogen (secondary N) is 1. The lowest BCUT2D eigenvalue weighted by Gasteiger charge is -2.40. The average Bonchev–Trinajstić information content (AvgIpc) is 3.22. The third-order valence-electron chi connectivity index (χ3n) is 6.78. The smallest absolute Gasteiger partial charge is 0.325 e. The van der Waals surface area contributed by atoms with Gasteiger partial charge in [0.25, 0.3) is 5.91 Å². The van der Waals surface area contributed by atoms with Crippen LogP contribution in [-0.4, -0.2) is 88.8 Å². The fourth-order valence-corrected chi connectivity index (χ4v) is 4.94. The SMILES string of the molecule is CCC(=O)N1CCN(C2=NC3C(C(=O)NC(=O)N3C)N2Cc2cccc3ccccc23)CC1. The third-order valence-corrected chi connectivity index (χ3v) is 6.78. The summed E-state index contributed by atoms with van der Waals surface area (Å²) in [6, 6.07) is 13.3. The summed E-state index contributed by atoms with van der Waals surface area (Å²) in [6.07, 6.45) is -0.0858. The van der Waals surface area contributed by atoms with Gasteiger partial charge >= 0.3 is 6.03 Å². The fraction of sp³-hybridized carbons (Fsp3) is 0.417. The molecule has 33 heavy (non-hydrogen) atoms. The van der Waals surface area contributed by atoms with Crippen LogP contribution in [0.2, 0.25) is 0 Å². The molecule has 4 amide bonds. The van der Waals surface area contributed by atoms with E-state index in [9.17, 15) is 14.4 Å². The molecular formula is C24H28N6O3. The number of urea groups is 1. The number of likely N-dealkylation sites (N-methyl/N-ethyl adjacent to an activating group) is 1. The van der Waals surface area contributed by atoms with Crippen LogP contribution in [0.1, 0.15) is 18.9 Å². The summed E-state index contributed by atoms with van der Waals surface area (Å²) in [4.78, 5) is 49.7. The molecule has 3 aliphatic rings. The van der Waals surface area contributed by atoms with E-state index in [4.69, 9.17) is 4.99 Å². The van der Waals surface area contributed by atoms with Crippen molar-refractivity contribution in [1.82, 2.24) is 24.9 Å². The van der Waals surface area contributed by atoms with Gasteiger partial charge < -0.3 is 19.6 Å². The molecule has 2 aromatic rings. The molecule has 0 aliphatic carbocycles. The average molecular weight is 449 g/mol. The number of carbonyl (C=O) groups excluding carboxylic acids is 3. The lowest BCUT2D eigenvalue weighted by atomic mass is 10.0. The minimum Gasteiger partial charge on any atom is -0.339 e. The highest BCUT2D eigenvalue weighted by Gasteiger charge is 2.50. The molecule has 2 aromatic carbocycles. The molecule has 3 aliphatic heterocycles. The number of amides is 4. The molecule has 5 rings (SSSR count). The second kappa shape index (κ2) is 8.38. The maximum absolute atomic E-state index is 13.0. The third kappa shape index (κ3) is 3.67. The number of benzene rings is 2. The second-order valence-electron chi connectivity index (χ2n) is 8.68. The highest BCUT2D eigenvalue weighted by Crippen LogP contribution is 2.29. The minimum absolute atomic E-state index is 0.147. The first-order chi connectivity index (χ1) is 16.0. The van der Waals surface area contributed by atoms with Gasteiger partial charge in [-0.15, -0.1) is 0 Å². The van der Waals surface area contributed by atoms with E-state index in [0.29, 0.717) is 45.1 Å². The molecule has 0 radical (unpaired) electrons. The number of guanidine groups is 1. The molecule has 0 saturated carbocycles. The molecule has 1 N–H and O–H groups in total. The first-order valence-electron chi connectivity index (χ1n) is 11.4. The Bertz CT molecular complexity index is 1130. The van der Waals surface area contributed by atoms with Crippen LogP contribution in [0.3, 0.4) is 0 Å². The van der Waals surface area contributed by atoms with Crippen LogP contribution in [0.4, 0.5) is 4.79 Å². The topological polar surface area (TPSA) is 88.6 Å². The van der Waals surface area contributed by atoms with E-state index in [1.54, 1.807) is 7.05 Å². The van der Waals surface area contributed by atoms with Gasteiger partial charge in [-0.25, -0.2) is 9.79 Å². The van der Waals surface area contributed by atoms with E-state index >= 15 is 0 Å². The number of hydrogen-bond acceptors (Lipinski definition) is 6. The van der Waals surface area contributed by atoms with Crippen LogP contribution < -0.4 is 5.32 Å². The molecule has 2 atom stereocenters. The summed E-state index contributed by atoms with van der Waals surface area (Å²) in [5, 5.41) is 4.73. The second-order valence-corrected chi connectivity index (χ2v) is 8.68. The molecule has 2 fully saturated rings. The zero-order valence-corrected chi connectivity index (χ0v) is 18.9. The van der Waals surface area contributed by atoms with Gasteiger partial charge in [-0.3, -0.25) is 14.9 Å². The number of imide groups is 1. The molecule has 0 bridgehead atoms. The van der Waals surface area contributed by atoms with Crippen LogP contribution in [0.25, 0.3) is 10.8 Å². The van der Waals surface area contributed by atoms with Gasteiger partial charge in [0.2, 0.25) is 5.91 Å². The minimum atomic E-state index is -0.600. The van der Waals surface area contributed by atoms with E-state index in [-0.39, 0.29) is 11.8 Å². The number of fused-ring (bicyclic) bond motifs is 2. The van der Waals surface area contributed by atoms with Crippen LogP contribution in [-0.2, 0) is 16.1 Å². The van der Waals surface area contributed by atoms with Gasteiger partial charge in [0.1, 0.15) is 0 Å². The van der Waals surface area contributed by atoms with Gasteiger partial charge in [-0.2, -0.15) is 0 Å². The van der Waals surface area contributed by atoms with Crippen molar-refractivity contribution in [3.63, 3.8) is 0 Å². The van der Waals surface area contributed by atoms with Gasteiger partial charge in [-0.1, -0.05) is 49.4 Å². The Morgan fingerprint density at radius 3 is 2.55 bits per heavy atom. The number of piperazine rings is 1. The number of hydrogen-bond donors (Lipinski definition) is 1. The van der Waals surface area contributed by atoms with E-state index in [2.05, 4.69) is 34.5 Å². The molecular weight excluding hydrogens is 420 g/mol. The van der Waals surface area contributed by atoms with Gasteiger partial charge in [0, 0.05) is 46.2 Å². The van der Waals surface area contributed by atoms with Crippen LogP contribution in [0, 0.1) is 0 Å². The highest BCUT2D eigenvalue weighted by atomic mass is 16.2. The lowest BCUT2D eigenvalue weighted by molar-refractivity contribution is -0.132. The van der Waals surface area contributed by atoms with Crippen molar-refractivity contribution in [2.24, 2.45) is 4.99 Å². The molecule has 9 nitrogen and oxygen atoms in total. The Kier molecular flexibility index (Phi) is 5.39. The molecule has 0 spiro atoms. The summed E-state index contributed by atoms with van der Waals surface area (Å²) in [5.74, 6) is 0.522. The van der Waals surface area contributed by atoms with Gasteiger partial charge in [0.05, 0.1) is 0 Å². The predicted molar refractivity (Wildman–Crippen MR) is 124 cm³/mol. The normalized spacial score (nSPS) is 23.0. The zero-order chi connectivity index (χ0) is 23.1. The van der Waals surface area contributed by atoms with Crippen molar-refractivity contribution in [3.8, 4) is 0 Å². The fourth-order valence-electron chi connectivity index (χ4n) is 4.94. The van der Waals surface area contributed by atoms with Gasteiger partial charge in [0.15, 0.2) is 18.2 Å². The molecule has 2 unspecified atom stereocenters. The number of aliphatic imine (C=N–C) groups is 1. The van der Waals surface area contributed by atoms with E-state index in [0.717, 1.165) is 16.3 Å². The Hall–Kier alpha value is -3.62. The van der Waals surface area contributed by atoms with Gasteiger partial charge in [-0.05, 0) is 16.3 Å². The number of carbonyl (C=O) groups is 3. The predicted octanol–water partition coefficient (Wildman–Crippen LogP) is 1.44. The van der Waals surface area contributed by atoms with Crippen molar-refractivity contribution in [2.45, 2.75) is 32.1 Å². The molecule has 172 valence electrons. The Labute approximate surface area is 192 Å². The summed E-state index contributed by atoms with van der Waals surface area (Å²) < 4.78 is 0. The van der Waals surface area contributed by atoms with E-state index in [1.807, 2.05) is 34.9 Å². The maximum atomic E-state index is 13.0. The Morgan fingerprint density at radius 1 is 1.06 bits per heavy atom. The van der Waals surface area contributed by atoms with Crippen molar-refractivity contribution in [3.05, 3.63) is 48.0 Å². The summed E-state index contributed by atoms with van der Waals surface area (Å²) in [7, 11) is 1.67. The molecule has 0 aromatic heterocycles. The van der Waals surface area contributed by atoms with E-state index < -0.39 is 18.2 Å². The lowest BCUT2D eigenvalue weighted by Crippen LogP contribution is -2.64. The molecule has 2 saturated heterocycles. The first-order valence-corrected chi connectivity index (χ1v) is 11.4. The van der Waals surface area contributed by atoms with Crippen molar-refractivity contribution >= 4 is 34.6 Å². The molecule has 3 heterocycles. The Balaban J connectivity index is 1.48. The monoisotopic (exact) mass is 448 g/mol. The zero-order valence-electron chi connectivity index (χ0n) is 18.9. The summed E-state index contributed by atoms with van der Waals surface area (Å²) >= 11 is 0. The van der Waals surface area contributed by atoms with Crippen LogP contribution >= 0.6 is 0 Å². The van der Waals surface area contributed by atoms with Crippen LogP contribution in [0.15, 0.2) is 47.5 Å². The van der Waals surface area contributed by atoms with Crippen molar-refractivity contribution < 1.29 is 14.4 Å². The largest absolute Gasteiger partial charge is 0.339 e. The summed E-state index contributed by atoms with van der Waals surface area (Å²) in [6.45, 7) is 4.86. The first kappa shape index (κ1) is 21.2. The van der Waals surface area contributed by atoms with E-state index in [1.165, 1.54) is 4.90 Å². The summed E-state index contributed by atoms with van der Waals surface area (Å²) in [5.41, 5.74) is 1.09. The van der Waals surface area contributed by atoms with Crippen LogP contribution in [0.5, 0.6) is 0 Å². The standard InChI is InChI=1S/C24H28N6O3/c1-3-19(31)28-11-13-29(14-12-28)23-25-21-20(22(32)26-24(33)27(21)2)30(23)15-17-9-6-8-16-7-4-5-10-18(16)17/h4-10,20-21H,3,11-15H2,1-2H3,(H,26,32,33).